The number of hydrogen-bond donors (Lipinski definition) is 1. The average molecular weight is 273 g/mol. The second-order valence-corrected chi connectivity index (χ2v) is 4.79. The standard InChI is InChI=1S/C15H15NO4/c17-15(18)12-13(10-6-8-19-9-7-10)20-14(16-12)11-4-2-1-3-5-11/h1-5,10H,6-9H2,(H,17,18). The summed E-state index contributed by atoms with van der Waals surface area (Å²) in [6.45, 7) is 1.26. The highest BCUT2D eigenvalue weighted by Gasteiger charge is 2.28. The smallest absolute Gasteiger partial charge is 0.358 e. The fourth-order valence-electron chi connectivity index (χ4n) is 2.43. The van der Waals surface area contributed by atoms with Crippen molar-refractivity contribution in [2.75, 3.05) is 13.2 Å². The molecular formula is C15H15NO4. The molecule has 2 heterocycles. The van der Waals surface area contributed by atoms with Gasteiger partial charge in [-0.05, 0) is 25.0 Å². The number of hydrogen-bond acceptors (Lipinski definition) is 4. The molecule has 5 nitrogen and oxygen atoms in total. The Hall–Kier alpha value is -2.14. The molecule has 1 fully saturated rings. The van der Waals surface area contributed by atoms with Crippen LogP contribution in [0.2, 0.25) is 0 Å². The molecule has 0 aliphatic carbocycles. The summed E-state index contributed by atoms with van der Waals surface area (Å²) in [4.78, 5) is 15.5. The van der Waals surface area contributed by atoms with Crippen LogP contribution in [0, 0.1) is 0 Å². The summed E-state index contributed by atoms with van der Waals surface area (Å²) in [5, 5.41) is 9.30. The number of nitrogens with zero attached hydrogens (tertiary/aromatic N) is 1. The van der Waals surface area contributed by atoms with Crippen molar-refractivity contribution >= 4 is 5.97 Å². The second kappa shape index (κ2) is 5.46. The number of aromatic nitrogens is 1. The van der Waals surface area contributed by atoms with E-state index in [-0.39, 0.29) is 11.6 Å². The molecule has 2 aromatic rings. The summed E-state index contributed by atoms with van der Waals surface area (Å²) >= 11 is 0. The van der Waals surface area contributed by atoms with E-state index in [2.05, 4.69) is 4.98 Å². The fourth-order valence-corrected chi connectivity index (χ4v) is 2.43. The minimum absolute atomic E-state index is 0.0238. The third-order valence-corrected chi connectivity index (χ3v) is 3.47. The van der Waals surface area contributed by atoms with E-state index in [4.69, 9.17) is 9.15 Å². The lowest BCUT2D eigenvalue weighted by atomic mass is 9.96. The van der Waals surface area contributed by atoms with Crippen molar-refractivity contribution in [1.82, 2.24) is 4.98 Å². The average Bonchev–Trinajstić information content (AvgIpc) is 2.94. The van der Waals surface area contributed by atoms with Crippen LogP contribution in [0.1, 0.15) is 35.0 Å². The molecular weight excluding hydrogens is 258 g/mol. The molecule has 0 atom stereocenters. The SMILES string of the molecule is O=C(O)c1nc(-c2ccccc2)oc1C1CCOCC1. The normalized spacial score (nSPS) is 16.2. The van der Waals surface area contributed by atoms with Crippen molar-refractivity contribution in [3.8, 4) is 11.5 Å². The summed E-state index contributed by atoms with van der Waals surface area (Å²) in [5.74, 6) is -0.138. The van der Waals surface area contributed by atoms with Crippen LogP contribution >= 0.6 is 0 Å². The molecule has 1 saturated heterocycles. The van der Waals surface area contributed by atoms with Gasteiger partial charge >= 0.3 is 5.97 Å². The van der Waals surface area contributed by atoms with Crippen LogP contribution in [0.25, 0.3) is 11.5 Å². The zero-order valence-electron chi connectivity index (χ0n) is 10.9. The lowest BCUT2D eigenvalue weighted by Gasteiger charge is -2.19. The molecule has 1 aliphatic rings. The van der Waals surface area contributed by atoms with Gasteiger partial charge in [-0.15, -0.1) is 0 Å². The van der Waals surface area contributed by atoms with Gasteiger partial charge in [-0.3, -0.25) is 0 Å². The zero-order valence-corrected chi connectivity index (χ0v) is 10.9. The lowest BCUT2D eigenvalue weighted by molar-refractivity contribution is 0.0671. The number of carbonyl (C=O) groups is 1. The van der Waals surface area contributed by atoms with Crippen molar-refractivity contribution in [2.24, 2.45) is 0 Å². The zero-order chi connectivity index (χ0) is 13.9. The molecule has 20 heavy (non-hydrogen) atoms. The molecule has 0 saturated carbocycles. The lowest BCUT2D eigenvalue weighted by Crippen LogP contribution is -2.16. The van der Waals surface area contributed by atoms with Crippen molar-refractivity contribution in [2.45, 2.75) is 18.8 Å². The molecule has 0 bridgehead atoms. The molecule has 3 rings (SSSR count). The van der Waals surface area contributed by atoms with Crippen molar-refractivity contribution in [1.29, 1.82) is 0 Å². The summed E-state index contributed by atoms with van der Waals surface area (Å²) in [5.41, 5.74) is 0.809. The van der Waals surface area contributed by atoms with E-state index in [1.54, 1.807) is 0 Å². The predicted octanol–water partition coefficient (Wildman–Crippen LogP) is 2.93. The van der Waals surface area contributed by atoms with Crippen LogP contribution in [0.4, 0.5) is 0 Å². The highest BCUT2D eigenvalue weighted by Crippen LogP contribution is 2.33. The monoisotopic (exact) mass is 273 g/mol. The summed E-state index contributed by atoms with van der Waals surface area (Å²) in [6, 6.07) is 9.34. The van der Waals surface area contributed by atoms with Gasteiger partial charge in [0.25, 0.3) is 0 Å². The molecule has 0 spiro atoms. The van der Waals surface area contributed by atoms with Crippen LogP contribution in [0.3, 0.4) is 0 Å². The highest BCUT2D eigenvalue weighted by atomic mass is 16.5. The fraction of sp³-hybridized carbons (Fsp3) is 0.333. The Morgan fingerprint density at radius 1 is 1.20 bits per heavy atom. The van der Waals surface area contributed by atoms with Crippen LogP contribution in [-0.4, -0.2) is 29.3 Å². The summed E-state index contributed by atoms with van der Waals surface area (Å²) < 4.78 is 11.1. The van der Waals surface area contributed by atoms with Crippen LogP contribution in [0.5, 0.6) is 0 Å². The molecule has 0 unspecified atom stereocenters. The maximum Gasteiger partial charge on any atom is 0.358 e. The third-order valence-electron chi connectivity index (χ3n) is 3.47. The van der Waals surface area contributed by atoms with Gasteiger partial charge in [0, 0.05) is 24.7 Å². The molecule has 1 aliphatic heterocycles. The van der Waals surface area contributed by atoms with Gasteiger partial charge in [-0.1, -0.05) is 18.2 Å². The maximum atomic E-state index is 11.4. The minimum atomic E-state index is -1.04. The Bertz CT molecular complexity index is 600. The van der Waals surface area contributed by atoms with E-state index < -0.39 is 5.97 Å². The Balaban J connectivity index is 2.00. The molecule has 0 radical (unpaired) electrons. The number of oxazole rings is 1. The van der Waals surface area contributed by atoms with Gasteiger partial charge in [-0.25, -0.2) is 9.78 Å². The molecule has 104 valence electrons. The highest BCUT2D eigenvalue weighted by molar-refractivity contribution is 5.87. The van der Waals surface area contributed by atoms with Crippen molar-refractivity contribution < 1.29 is 19.1 Å². The first kappa shape index (κ1) is 12.9. The Morgan fingerprint density at radius 2 is 1.90 bits per heavy atom. The van der Waals surface area contributed by atoms with Gasteiger partial charge in [0.1, 0.15) is 5.76 Å². The second-order valence-electron chi connectivity index (χ2n) is 4.79. The molecule has 5 heteroatoms. The molecule has 1 N–H and O–H groups in total. The molecule has 1 aromatic heterocycles. The first-order valence-electron chi connectivity index (χ1n) is 6.63. The summed E-state index contributed by atoms with van der Waals surface area (Å²) in [7, 11) is 0. The first-order valence-corrected chi connectivity index (χ1v) is 6.63. The molecule has 0 amide bonds. The van der Waals surface area contributed by atoms with Gasteiger partial charge in [0.05, 0.1) is 0 Å². The Morgan fingerprint density at radius 3 is 2.55 bits per heavy atom. The van der Waals surface area contributed by atoms with E-state index in [0.29, 0.717) is 24.9 Å². The Labute approximate surface area is 116 Å². The van der Waals surface area contributed by atoms with E-state index in [9.17, 15) is 9.90 Å². The summed E-state index contributed by atoms with van der Waals surface area (Å²) in [6.07, 6.45) is 1.54. The largest absolute Gasteiger partial charge is 0.476 e. The number of aromatic carboxylic acids is 1. The Kier molecular flexibility index (Phi) is 3.52. The number of rotatable bonds is 3. The van der Waals surface area contributed by atoms with Crippen molar-refractivity contribution in [3.05, 3.63) is 41.8 Å². The first-order chi connectivity index (χ1) is 9.75. The van der Waals surface area contributed by atoms with Crippen molar-refractivity contribution in [3.63, 3.8) is 0 Å². The number of benzene rings is 1. The van der Waals surface area contributed by atoms with Crippen LogP contribution in [0.15, 0.2) is 34.7 Å². The van der Waals surface area contributed by atoms with Gasteiger partial charge in [0.2, 0.25) is 5.89 Å². The number of carboxylic acid groups (broad SMARTS) is 1. The maximum absolute atomic E-state index is 11.4. The topological polar surface area (TPSA) is 72.6 Å². The number of ether oxygens (including phenoxy) is 1. The third kappa shape index (κ3) is 2.44. The van der Waals surface area contributed by atoms with Gasteiger partial charge in [-0.2, -0.15) is 0 Å². The minimum Gasteiger partial charge on any atom is -0.476 e. The van der Waals surface area contributed by atoms with E-state index >= 15 is 0 Å². The van der Waals surface area contributed by atoms with E-state index in [1.165, 1.54) is 0 Å². The van der Waals surface area contributed by atoms with Crippen LogP contribution < -0.4 is 0 Å². The van der Waals surface area contributed by atoms with Gasteiger partial charge < -0.3 is 14.3 Å². The molecule has 1 aromatic carbocycles. The van der Waals surface area contributed by atoms with Crippen LogP contribution in [-0.2, 0) is 4.74 Å². The quantitative estimate of drug-likeness (QED) is 0.930. The van der Waals surface area contributed by atoms with Gasteiger partial charge in [0.15, 0.2) is 5.69 Å². The number of carboxylic acids is 1. The predicted molar refractivity (Wildman–Crippen MR) is 71.7 cm³/mol. The van der Waals surface area contributed by atoms with E-state index in [0.717, 1.165) is 18.4 Å². The van der Waals surface area contributed by atoms with E-state index in [1.807, 2.05) is 30.3 Å².